The predicted molar refractivity (Wildman–Crippen MR) is 96.3 cm³/mol. The van der Waals surface area contributed by atoms with Crippen LogP contribution in [0.25, 0.3) is 10.2 Å². The van der Waals surface area contributed by atoms with E-state index in [1.165, 1.54) is 22.2 Å². The van der Waals surface area contributed by atoms with Crippen molar-refractivity contribution >= 4 is 39.2 Å². The number of thiophene rings is 1. The van der Waals surface area contributed by atoms with Crippen molar-refractivity contribution in [2.45, 2.75) is 25.3 Å². The van der Waals surface area contributed by atoms with Gasteiger partial charge in [0.05, 0.1) is 5.75 Å². The van der Waals surface area contributed by atoms with E-state index in [2.05, 4.69) is 35.8 Å². The Labute approximate surface area is 145 Å². The van der Waals surface area contributed by atoms with Crippen molar-refractivity contribution in [1.29, 1.82) is 0 Å². The van der Waals surface area contributed by atoms with Crippen LogP contribution in [0.15, 0.2) is 11.4 Å². The molecule has 23 heavy (non-hydrogen) atoms. The molecule has 0 atom stereocenters. The molecule has 0 N–H and O–H groups in total. The lowest BCUT2D eigenvalue weighted by Gasteiger charge is -2.20. The van der Waals surface area contributed by atoms with Crippen molar-refractivity contribution in [2.24, 2.45) is 0 Å². The molecule has 3 heterocycles. The number of hydrogen-bond donors (Lipinski definition) is 0. The number of nitrogens with zero attached hydrogens (tertiary/aromatic N) is 4. The monoisotopic (exact) mass is 350 g/mol. The summed E-state index contributed by atoms with van der Waals surface area (Å²) in [6.45, 7) is 7.92. The average Bonchev–Trinajstić information content (AvgIpc) is 2.71. The van der Waals surface area contributed by atoms with Gasteiger partial charge in [-0.25, -0.2) is 9.97 Å². The number of rotatable bonds is 3. The largest absolute Gasteiger partial charge is 0.341 e. The molecule has 0 saturated carbocycles. The van der Waals surface area contributed by atoms with Gasteiger partial charge in [0.1, 0.15) is 16.2 Å². The molecule has 0 aliphatic carbocycles. The molecule has 0 aromatic carbocycles. The lowest BCUT2D eigenvalue weighted by atomic mass is 10.2. The lowest BCUT2D eigenvalue weighted by molar-refractivity contribution is -0.128. The van der Waals surface area contributed by atoms with E-state index in [-0.39, 0.29) is 5.91 Å². The van der Waals surface area contributed by atoms with Crippen LogP contribution >= 0.6 is 23.1 Å². The first-order chi connectivity index (χ1) is 11.1. The number of aromatic nitrogens is 2. The molecule has 2 aromatic heterocycles. The number of hydrogen-bond acceptors (Lipinski definition) is 6. The molecule has 124 valence electrons. The van der Waals surface area contributed by atoms with Gasteiger partial charge < -0.3 is 9.80 Å². The van der Waals surface area contributed by atoms with Crippen LogP contribution in [0, 0.1) is 13.8 Å². The summed E-state index contributed by atoms with van der Waals surface area (Å²) in [5, 5.41) is 2.04. The number of thioether (sulfide) groups is 1. The second kappa shape index (κ2) is 7.15. The molecule has 0 unspecified atom stereocenters. The van der Waals surface area contributed by atoms with Crippen LogP contribution in [0.3, 0.4) is 0 Å². The van der Waals surface area contributed by atoms with E-state index in [0.717, 1.165) is 47.8 Å². The highest BCUT2D eigenvalue weighted by Gasteiger charge is 2.19. The normalized spacial score (nSPS) is 16.7. The van der Waals surface area contributed by atoms with Crippen molar-refractivity contribution in [3.05, 3.63) is 16.8 Å². The standard InChI is InChI=1S/C16H22N4OS2/c1-11-12(2)23-16-14(11)15(17-10-18-16)22-9-13(21)20-6-4-5-19(3)7-8-20/h10H,4-9H2,1-3H3. The highest BCUT2D eigenvalue weighted by Crippen LogP contribution is 2.34. The zero-order valence-corrected chi connectivity index (χ0v) is 15.5. The summed E-state index contributed by atoms with van der Waals surface area (Å²) in [6, 6.07) is 0. The zero-order chi connectivity index (χ0) is 16.4. The first-order valence-corrected chi connectivity index (χ1v) is 9.66. The fourth-order valence-electron chi connectivity index (χ4n) is 2.78. The summed E-state index contributed by atoms with van der Waals surface area (Å²) >= 11 is 3.23. The highest BCUT2D eigenvalue weighted by molar-refractivity contribution is 8.00. The summed E-state index contributed by atoms with van der Waals surface area (Å²) in [5.41, 5.74) is 1.23. The quantitative estimate of drug-likeness (QED) is 0.629. The van der Waals surface area contributed by atoms with Crippen LogP contribution in [0.1, 0.15) is 16.9 Å². The Balaban J connectivity index is 1.69. The van der Waals surface area contributed by atoms with Gasteiger partial charge in [-0.2, -0.15) is 0 Å². The summed E-state index contributed by atoms with van der Waals surface area (Å²) in [4.78, 5) is 27.8. The van der Waals surface area contributed by atoms with E-state index in [1.54, 1.807) is 17.7 Å². The van der Waals surface area contributed by atoms with Gasteiger partial charge in [-0.1, -0.05) is 11.8 Å². The number of carbonyl (C=O) groups excluding carboxylic acids is 1. The number of carbonyl (C=O) groups is 1. The molecule has 1 aliphatic rings. The van der Waals surface area contributed by atoms with E-state index < -0.39 is 0 Å². The van der Waals surface area contributed by atoms with E-state index in [9.17, 15) is 4.79 Å². The topological polar surface area (TPSA) is 49.3 Å². The molecule has 1 saturated heterocycles. The first kappa shape index (κ1) is 16.7. The maximum absolute atomic E-state index is 12.5. The fraction of sp³-hybridized carbons (Fsp3) is 0.562. The van der Waals surface area contributed by atoms with Gasteiger partial charge >= 0.3 is 0 Å². The molecule has 7 heteroatoms. The molecule has 1 fully saturated rings. The number of likely N-dealkylation sites (N-methyl/N-ethyl adjacent to an activating group) is 1. The minimum Gasteiger partial charge on any atom is -0.341 e. The van der Waals surface area contributed by atoms with E-state index in [1.807, 2.05) is 4.90 Å². The number of aryl methyl sites for hydroxylation is 2. The summed E-state index contributed by atoms with van der Waals surface area (Å²) in [6.07, 6.45) is 2.65. The molecule has 1 aliphatic heterocycles. The van der Waals surface area contributed by atoms with E-state index in [0.29, 0.717) is 5.75 Å². The van der Waals surface area contributed by atoms with Gasteiger partial charge in [-0.15, -0.1) is 11.3 Å². The third-order valence-electron chi connectivity index (χ3n) is 4.34. The van der Waals surface area contributed by atoms with Gasteiger partial charge in [0.2, 0.25) is 5.91 Å². The Morgan fingerprint density at radius 1 is 1.26 bits per heavy atom. The Bertz CT molecular complexity index is 715. The second-order valence-corrected chi connectivity index (χ2v) is 8.14. The molecule has 2 aromatic rings. The minimum absolute atomic E-state index is 0.210. The Morgan fingerprint density at radius 3 is 2.91 bits per heavy atom. The van der Waals surface area contributed by atoms with Crippen LogP contribution < -0.4 is 0 Å². The van der Waals surface area contributed by atoms with Crippen LogP contribution in [-0.4, -0.2) is 64.7 Å². The van der Waals surface area contributed by atoms with Gasteiger partial charge in [-0.05, 0) is 39.4 Å². The average molecular weight is 351 g/mol. The third-order valence-corrected chi connectivity index (χ3v) is 6.42. The second-order valence-electron chi connectivity index (χ2n) is 5.97. The van der Waals surface area contributed by atoms with Gasteiger partial charge in [-0.3, -0.25) is 4.79 Å². The molecular formula is C16H22N4OS2. The fourth-order valence-corrected chi connectivity index (χ4v) is 4.80. The van der Waals surface area contributed by atoms with Gasteiger partial charge in [0.25, 0.3) is 0 Å². The molecule has 5 nitrogen and oxygen atoms in total. The Kier molecular flexibility index (Phi) is 5.18. The SMILES string of the molecule is Cc1sc2ncnc(SCC(=O)N3CCCN(C)CC3)c2c1C. The molecule has 0 bridgehead atoms. The van der Waals surface area contributed by atoms with Crippen molar-refractivity contribution in [2.75, 3.05) is 39.0 Å². The van der Waals surface area contributed by atoms with Crippen LogP contribution in [0.5, 0.6) is 0 Å². The molecule has 3 rings (SSSR count). The number of amides is 1. The van der Waals surface area contributed by atoms with Crippen LogP contribution in [0.2, 0.25) is 0 Å². The minimum atomic E-state index is 0.210. The number of fused-ring (bicyclic) bond motifs is 1. The highest BCUT2D eigenvalue weighted by atomic mass is 32.2. The zero-order valence-electron chi connectivity index (χ0n) is 13.8. The summed E-state index contributed by atoms with van der Waals surface area (Å²) in [7, 11) is 2.11. The van der Waals surface area contributed by atoms with E-state index >= 15 is 0 Å². The summed E-state index contributed by atoms with van der Waals surface area (Å²) in [5.74, 6) is 0.658. The van der Waals surface area contributed by atoms with Gasteiger partial charge in [0, 0.05) is 29.9 Å². The predicted octanol–water partition coefficient (Wildman–Crippen LogP) is 2.56. The summed E-state index contributed by atoms with van der Waals surface area (Å²) < 4.78 is 0. The Morgan fingerprint density at radius 2 is 2.09 bits per heavy atom. The van der Waals surface area contributed by atoms with Gasteiger partial charge in [0.15, 0.2) is 0 Å². The Hall–Kier alpha value is -1.18. The third kappa shape index (κ3) is 3.67. The van der Waals surface area contributed by atoms with Crippen molar-refractivity contribution < 1.29 is 4.79 Å². The molecule has 0 radical (unpaired) electrons. The smallest absolute Gasteiger partial charge is 0.233 e. The first-order valence-electron chi connectivity index (χ1n) is 7.86. The van der Waals surface area contributed by atoms with Crippen LogP contribution in [0.4, 0.5) is 0 Å². The van der Waals surface area contributed by atoms with Crippen molar-refractivity contribution in [3.8, 4) is 0 Å². The molecular weight excluding hydrogens is 328 g/mol. The molecule has 1 amide bonds. The van der Waals surface area contributed by atoms with Crippen molar-refractivity contribution in [3.63, 3.8) is 0 Å². The maximum Gasteiger partial charge on any atom is 0.233 e. The lowest BCUT2D eigenvalue weighted by Crippen LogP contribution is -2.35. The van der Waals surface area contributed by atoms with Crippen LogP contribution in [-0.2, 0) is 4.79 Å². The molecule has 0 spiro atoms. The maximum atomic E-state index is 12.5. The van der Waals surface area contributed by atoms with Crippen molar-refractivity contribution in [1.82, 2.24) is 19.8 Å². The van der Waals surface area contributed by atoms with E-state index in [4.69, 9.17) is 0 Å².